The molecule has 1 aromatic carbocycles. The third-order valence-corrected chi connectivity index (χ3v) is 3.19. The summed E-state index contributed by atoms with van der Waals surface area (Å²) in [6.07, 6.45) is 1.60. The number of thioether (sulfide) groups is 1. The van der Waals surface area contributed by atoms with Crippen LogP contribution < -0.4 is 10.5 Å². The number of carboxylic acid groups (broad SMARTS) is 1. The normalized spacial score (nSPS) is 16.3. The van der Waals surface area contributed by atoms with E-state index in [-0.39, 0.29) is 24.1 Å². The van der Waals surface area contributed by atoms with Crippen LogP contribution in [0.25, 0.3) is 6.08 Å². The molecule has 0 fully saturated rings. The maximum atomic E-state index is 11.5. The van der Waals surface area contributed by atoms with E-state index in [1.165, 1.54) is 0 Å². The molecule has 0 aliphatic carbocycles. The molecular formula is C13H12N2O4S. The lowest BCUT2D eigenvalue weighted by Crippen LogP contribution is -2.04. The molecule has 0 bridgehead atoms. The first-order valence-electron chi connectivity index (χ1n) is 5.77. The molecule has 2 rings (SSSR count). The van der Waals surface area contributed by atoms with Gasteiger partial charge in [-0.15, -0.1) is 0 Å². The zero-order chi connectivity index (χ0) is 14.5. The van der Waals surface area contributed by atoms with Crippen molar-refractivity contribution in [1.82, 2.24) is 0 Å². The van der Waals surface area contributed by atoms with Gasteiger partial charge in [0.2, 0.25) is 0 Å². The lowest BCUT2D eigenvalue weighted by Gasteiger charge is -2.05. The average molecular weight is 292 g/mol. The summed E-state index contributed by atoms with van der Waals surface area (Å²) >= 11 is 1.12. The maximum absolute atomic E-state index is 11.5. The number of amidine groups is 1. The molecule has 7 heteroatoms. The predicted molar refractivity (Wildman–Crippen MR) is 76.4 cm³/mol. The number of benzene rings is 1. The summed E-state index contributed by atoms with van der Waals surface area (Å²) in [7, 11) is 0. The van der Waals surface area contributed by atoms with Gasteiger partial charge in [-0.1, -0.05) is 12.1 Å². The van der Waals surface area contributed by atoms with Gasteiger partial charge < -0.3 is 15.6 Å². The first kappa shape index (κ1) is 14.1. The van der Waals surface area contributed by atoms with Crippen LogP contribution in [0.1, 0.15) is 12.0 Å². The van der Waals surface area contributed by atoms with E-state index in [1.54, 1.807) is 30.3 Å². The van der Waals surface area contributed by atoms with Crippen molar-refractivity contribution >= 4 is 34.9 Å². The van der Waals surface area contributed by atoms with Gasteiger partial charge >= 0.3 is 5.97 Å². The van der Waals surface area contributed by atoms with Crippen LogP contribution in [0, 0.1) is 0 Å². The quantitative estimate of drug-likeness (QED) is 0.797. The molecular weight excluding hydrogens is 280 g/mol. The second-order valence-corrected chi connectivity index (χ2v) is 4.99. The number of aliphatic carboxylic acids is 1. The Hall–Kier alpha value is -2.28. The molecule has 6 nitrogen and oxygen atoms in total. The molecule has 1 heterocycles. The summed E-state index contributed by atoms with van der Waals surface area (Å²) in [5.41, 5.74) is 6.23. The third-order valence-electron chi connectivity index (χ3n) is 2.38. The van der Waals surface area contributed by atoms with Crippen molar-refractivity contribution in [3.05, 3.63) is 34.7 Å². The van der Waals surface area contributed by atoms with Crippen molar-refractivity contribution < 1.29 is 19.4 Å². The van der Waals surface area contributed by atoms with Gasteiger partial charge in [0.1, 0.15) is 5.75 Å². The van der Waals surface area contributed by atoms with E-state index in [9.17, 15) is 9.59 Å². The topological polar surface area (TPSA) is 102 Å². The van der Waals surface area contributed by atoms with Crippen LogP contribution in [0.5, 0.6) is 5.75 Å². The Morgan fingerprint density at radius 3 is 2.95 bits per heavy atom. The van der Waals surface area contributed by atoms with Gasteiger partial charge in [0.15, 0.2) is 5.17 Å². The van der Waals surface area contributed by atoms with E-state index in [1.807, 2.05) is 0 Å². The zero-order valence-electron chi connectivity index (χ0n) is 10.4. The number of aliphatic imine (C=N–C) groups is 1. The Balaban J connectivity index is 2.05. The van der Waals surface area contributed by atoms with E-state index < -0.39 is 5.97 Å². The molecule has 3 N–H and O–H groups in total. The summed E-state index contributed by atoms with van der Waals surface area (Å²) in [6.45, 7) is 0.0963. The Kier molecular flexibility index (Phi) is 4.41. The van der Waals surface area contributed by atoms with Crippen LogP contribution in [0.15, 0.2) is 34.2 Å². The number of hydrogen-bond acceptors (Lipinski definition) is 5. The Bertz CT molecular complexity index is 610. The second kappa shape index (κ2) is 6.25. The number of carbonyl (C=O) groups is 2. The first-order chi connectivity index (χ1) is 9.54. The first-order valence-corrected chi connectivity index (χ1v) is 6.59. The molecule has 1 aliphatic rings. The number of carbonyl (C=O) groups excluding carboxylic acids is 1. The molecule has 0 atom stereocenters. The second-order valence-electron chi connectivity index (χ2n) is 3.93. The maximum Gasteiger partial charge on any atom is 0.306 e. The highest BCUT2D eigenvalue weighted by atomic mass is 32.2. The molecule has 1 aromatic rings. The Labute approximate surface area is 119 Å². The monoisotopic (exact) mass is 292 g/mol. The fourth-order valence-corrected chi connectivity index (χ4v) is 2.21. The van der Waals surface area contributed by atoms with Crippen LogP contribution in [-0.2, 0) is 9.59 Å². The predicted octanol–water partition coefficient (Wildman–Crippen LogP) is 1.47. The summed E-state index contributed by atoms with van der Waals surface area (Å²) in [4.78, 5) is 25.9. The van der Waals surface area contributed by atoms with Crippen LogP contribution in [0.3, 0.4) is 0 Å². The Morgan fingerprint density at radius 1 is 1.50 bits per heavy atom. The smallest absolute Gasteiger partial charge is 0.306 e. The van der Waals surface area contributed by atoms with Crippen molar-refractivity contribution in [1.29, 1.82) is 0 Å². The minimum atomic E-state index is -0.913. The molecule has 0 saturated carbocycles. The van der Waals surface area contributed by atoms with Gasteiger partial charge in [0.05, 0.1) is 17.9 Å². The molecule has 0 spiro atoms. The summed E-state index contributed by atoms with van der Waals surface area (Å²) in [6, 6.07) is 7.01. The highest BCUT2D eigenvalue weighted by Gasteiger charge is 2.19. The van der Waals surface area contributed by atoms with E-state index in [0.29, 0.717) is 10.7 Å². The number of amides is 1. The van der Waals surface area contributed by atoms with Crippen molar-refractivity contribution in [2.75, 3.05) is 6.61 Å². The lowest BCUT2D eigenvalue weighted by atomic mass is 10.2. The molecule has 0 radical (unpaired) electrons. The van der Waals surface area contributed by atoms with Crippen LogP contribution in [0.4, 0.5) is 0 Å². The van der Waals surface area contributed by atoms with Gasteiger partial charge in [-0.05, 0) is 35.5 Å². The van der Waals surface area contributed by atoms with Gasteiger partial charge in [-0.3, -0.25) is 9.59 Å². The van der Waals surface area contributed by atoms with Gasteiger partial charge in [-0.25, -0.2) is 0 Å². The van der Waals surface area contributed by atoms with Gasteiger partial charge in [-0.2, -0.15) is 4.99 Å². The van der Waals surface area contributed by atoms with E-state index in [0.717, 1.165) is 17.3 Å². The van der Waals surface area contributed by atoms with Crippen molar-refractivity contribution in [2.24, 2.45) is 10.7 Å². The lowest BCUT2D eigenvalue weighted by molar-refractivity contribution is -0.137. The zero-order valence-corrected chi connectivity index (χ0v) is 11.2. The van der Waals surface area contributed by atoms with E-state index in [4.69, 9.17) is 15.6 Å². The van der Waals surface area contributed by atoms with Crippen LogP contribution in [-0.4, -0.2) is 28.8 Å². The number of ether oxygens (including phenoxy) is 1. The van der Waals surface area contributed by atoms with Crippen molar-refractivity contribution in [3.8, 4) is 5.75 Å². The standard InChI is InChI=1S/C13H12N2O4S/c14-13-15-12(18)10(20-13)7-8-2-1-3-9(6-8)19-5-4-11(16)17/h1-3,6-7H,4-5H2,(H,16,17)(H2,14,15,18)/b10-7-. The highest BCUT2D eigenvalue weighted by Crippen LogP contribution is 2.27. The molecule has 0 aromatic heterocycles. The molecule has 1 aliphatic heterocycles. The number of nitrogens with two attached hydrogens (primary N) is 1. The van der Waals surface area contributed by atoms with Gasteiger partial charge in [0.25, 0.3) is 5.91 Å². The molecule has 1 amide bonds. The molecule has 0 unspecified atom stereocenters. The van der Waals surface area contributed by atoms with Crippen LogP contribution in [0.2, 0.25) is 0 Å². The number of carboxylic acids is 1. The number of nitrogens with zero attached hydrogens (tertiary/aromatic N) is 1. The SMILES string of the molecule is NC1=NC(=O)/C(=C/c2cccc(OCCC(=O)O)c2)S1. The van der Waals surface area contributed by atoms with Crippen molar-refractivity contribution in [3.63, 3.8) is 0 Å². The van der Waals surface area contributed by atoms with Crippen molar-refractivity contribution in [2.45, 2.75) is 6.42 Å². The largest absolute Gasteiger partial charge is 0.493 e. The summed E-state index contributed by atoms with van der Waals surface area (Å²) in [5, 5.41) is 8.77. The van der Waals surface area contributed by atoms with Gasteiger partial charge in [0, 0.05) is 0 Å². The minimum absolute atomic E-state index is 0.0654. The summed E-state index contributed by atoms with van der Waals surface area (Å²) < 4.78 is 5.31. The third kappa shape index (κ3) is 3.86. The molecule has 20 heavy (non-hydrogen) atoms. The molecule has 0 saturated heterocycles. The van der Waals surface area contributed by atoms with Crippen LogP contribution >= 0.6 is 11.8 Å². The fourth-order valence-electron chi connectivity index (χ4n) is 1.53. The van der Waals surface area contributed by atoms with E-state index >= 15 is 0 Å². The number of hydrogen-bond donors (Lipinski definition) is 2. The van der Waals surface area contributed by atoms with E-state index in [2.05, 4.69) is 4.99 Å². The Morgan fingerprint density at radius 2 is 2.30 bits per heavy atom. The average Bonchev–Trinajstić information content (AvgIpc) is 2.68. The summed E-state index contributed by atoms with van der Waals surface area (Å²) in [5.74, 6) is -0.724. The fraction of sp³-hybridized carbons (Fsp3) is 0.154. The number of rotatable bonds is 5. The molecule has 104 valence electrons. The highest BCUT2D eigenvalue weighted by molar-refractivity contribution is 8.18. The minimum Gasteiger partial charge on any atom is -0.493 e.